The first-order chi connectivity index (χ1) is 8.65. The summed E-state index contributed by atoms with van der Waals surface area (Å²) in [4.78, 5) is 11.9. The molecule has 92 valence electrons. The first-order valence-electron chi connectivity index (χ1n) is 5.99. The Bertz CT molecular complexity index is 543. The van der Waals surface area contributed by atoms with Crippen molar-refractivity contribution in [3.8, 4) is 0 Å². The molecule has 0 heterocycles. The fourth-order valence-electron chi connectivity index (χ4n) is 1.83. The first-order valence-corrected chi connectivity index (χ1v) is 5.99. The van der Waals surface area contributed by atoms with Crippen LogP contribution in [0.5, 0.6) is 0 Å². The van der Waals surface area contributed by atoms with Gasteiger partial charge in [-0.25, -0.2) is 4.39 Å². The molecular formula is C16H15FO. The molecule has 1 nitrogen and oxygen atoms in total. The Balaban J connectivity index is 1.98. The van der Waals surface area contributed by atoms with E-state index in [1.54, 1.807) is 6.07 Å². The maximum Gasteiger partial charge on any atom is 0.163 e. The van der Waals surface area contributed by atoms with Crippen LogP contribution < -0.4 is 0 Å². The van der Waals surface area contributed by atoms with E-state index in [9.17, 15) is 9.18 Å². The molecule has 0 saturated heterocycles. The van der Waals surface area contributed by atoms with Gasteiger partial charge in [0.2, 0.25) is 0 Å². The van der Waals surface area contributed by atoms with Gasteiger partial charge >= 0.3 is 0 Å². The van der Waals surface area contributed by atoms with Gasteiger partial charge < -0.3 is 0 Å². The second-order valence-corrected chi connectivity index (χ2v) is 4.42. The molecule has 2 aromatic rings. The van der Waals surface area contributed by atoms with E-state index in [1.165, 1.54) is 12.1 Å². The van der Waals surface area contributed by atoms with E-state index in [2.05, 4.69) is 0 Å². The third-order valence-corrected chi connectivity index (χ3v) is 2.90. The van der Waals surface area contributed by atoms with Crippen molar-refractivity contribution >= 4 is 5.78 Å². The zero-order chi connectivity index (χ0) is 13.0. The van der Waals surface area contributed by atoms with E-state index in [4.69, 9.17) is 0 Å². The lowest BCUT2D eigenvalue weighted by Crippen LogP contribution is -2.01. The van der Waals surface area contributed by atoms with Crippen LogP contribution in [0.15, 0.2) is 48.5 Å². The largest absolute Gasteiger partial charge is 0.294 e. The molecule has 2 rings (SSSR count). The SMILES string of the molecule is Cc1ccc(C(=O)CCc2cccc(F)c2)cc1. The predicted octanol–water partition coefficient (Wildman–Crippen LogP) is 3.95. The highest BCUT2D eigenvalue weighted by atomic mass is 19.1. The maximum absolute atomic E-state index is 13.0. The molecular weight excluding hydrogens is 227 g/mol. The Morgan fingerprint density at radius 2 is 1.83 bits per heavy atom. The van der Waals surface area contributed by atoms with E-state index in [-0.39, 0.29) is 11.6 Å². The van der Waals surface area contributed by atoms with Crippen molar-refractivity contribution in [2.45, 2.75) is 19.8 Å². The molecule has 0 bridgehead atoms. The van der Waals surface area contributed by atoms with E-state index in [0.29, 0.717) is 12.8 Å². The normalized spacial score (nSPS) is 10.3. The summed E-state index contributed by atoms with van der Waals surface area (Å²) < 4.78 is 13.0. The lowest BCUT2D eigenvalue weighted by Gasteiger charge is -2.02. The fourth-order valence-corrected chi connectivity index (χ4v) is 1.83. The van der Waals surface area contributed by atoms with E-state index >= 15 is 0 Å². The van der Waals surface area contributed by atoms with Gasteiger partial charge in [0.25, 0.3) is 0 Å². The molecule has 0 aromatic heterocycles. The number of ketones is 1. The van der Waals surface area contributed by atoms with Crippen LogP contribution in [-0.4, -0.2) is 5.78 Å². The second kappa shape index (κ2) is 5.58. The van der Waals surface area contributed by atoms with Gasteiger partial charge in [-0.2, -0.15) is 0 Å². The Morgan fingerprint density at radius 3 is 2.50 bits per heavy atom. The molecule has 0 atom stereocenters. The van der Waals surface area contributed by atoms with Crippen LogP contribution in [0.3, 0.4) is 0 Å². The minimum absolute atomic E-state index is 0.0965. The number of rotatable bonds is 4. The van der Waals surface area contributed by atoms with Gasteiger partial charge in [-0.15, -0.1) is 0 Å². The van der Waals surface area contributed by atoms with Crippen molar-refractivity contribution in [3.05, 3.63) is 71.0 Å². The van der Waals surface area contributed by atoms with Gasteiger partial charge in [-0.05, 0) is 31.0 Å². The average molecular weight is 242 g/mol. The van der Waals surface area contributed by atoms with Crippen LogP contribution in [-0.2, 0) is 6.42 Å². The third kappa shape index (κ3) is 3.27. The fraction of sp³-hybridized carbons (Fsp3) is 0.188. The molecule has 0 aliphatic carbocycles. The molecule has 0 amide bonds. The van der Waals surface area contributed by atoms with Crippen LogP contribution in [0.25, 0.3) is 0 Å². The van der Waals surface area contributed by atoms with Gasteiger partial charge in [-0.3, -0.25) is 4.79 Å². The Morgan fingerprint density at radius 1 is 1.11 bits per heavy atom. The Labute approximate surface area is 106 Å². The van der Waals surface area contributed by atoms with E-state index in [1.807, 2.05) is 37.3 Å². The molecule has 18 heavy (non-hydrogen) atoms. The molecule has 0 aliphatic rings. The number of Topliss-reactive ketones (excluding diaryl/α,β-unsaturated/α-hetero) is 1. The van der Waals surface area contributed by atoms with Crippen LogP contribution in [0.4, 0.5) is 4.39 Å². The zero-order valence-electron chi connectivity index (χ0n) is 10.3. The minimum atomic E-state index is -0.254. The lowest BCUT2D eigenvalue weighted by atomic mass is 10.0. The molecule has 0 aliphatic heterocycles. The summed E-state index contributed by atoms with van der Waals surface area (Å²) in [6.07, 6.45) is 0.983. The molecule has 0 spiro atoms. The predicted molar refractivity (Wildman–Crippen MR) is 70.2 cm³/mol. The third-order valence-electron chi connectivity index (χ3n) is 2.90. The van der Waals surface area contributed by atoms with E-state index in [0.717, 1.165) is 16.7 Å². The number of halogens is 1. The summed E-state index contributed by atoms with van der Waals surface area (Å²) in [5.41, 5.74) is 2.71. The van der Waals surface area contributed by atoms with Gasteiger partial charge in [0.15, 0.2) is 5.78 Å². The summed E-state index contributed by atoms with van der Waals surface area (Å²) in [5, 5.41) is 0. The van der Waals surface area contributed by atoms with Crippen LogP contribution in [0, 0.1) is 12.7 Å². The summed E-state index contributed by atoms with van der Waals surface area (Å²) in [7, 11) is 0. The molecule has 0 N–H and O–H groups in total. The lowest BCUT2D eigenvalue weighted by molar-refractivity contribution is 0.0983. The van der Waals surface area contributed by atoms with Gasteiger partial charge in [0.1, 0.15) is 5.82 Å². The highest BCUT2D eigenvalue weighted by Gasteiger charge is 2.06. The van der Waals surface area contributed by atoms with Crippen LogP contribution in [0.2, 0.25) is 0 Å². The molecule has 0 fully saturated rings. The Kier molecular flexibility index (Phi) is 3.88. The summed E-state index contributed by atoms with van der Waals surface area (Å²) >= 11 is 0. The number of benzene rings is 2. The second-order valence-electron chi connectivity index (χ2n) is 4.42. The Hall–Kier alpha value is -1.96. The standard InChI is InChI=1S/C16H15FO/c1-12-5-8-14(9-6-12)16(18)10-7-13-3-2-4-15(17)11-13/h2-6,8-9,11H,7,10H2,1H3. The number of carbonyl (C=O) groups is 1. The molecule has 0 saturated carbocycles. The number of hydrogen-bond acceptors (Lipinski definition) is 1. The smallest absolute Gasteiger partial charge is 0.163 e. The molecule has 2 aromatic carbocycles. The summed E-state index contributed by atoms with van der Waals surface area (Å²) in [6, 6.07) is 13.9. The zero-order valence-corrected chi connectivity index (χ0v) is 10.3. The number of hydrogen-bond donors (Lipinski definition) is 0. The number of carbonyl (C=O) groups excluding carboxylic acids is 1. The minimum Gasteiger partial charge on any atom is -0.294 e. The van der Waals surface area contributed by atoms with Crippen molar-refractivity contribution in [1.82, 2.24) is 0 Å². The van der Waals surface area contributed by atoms with Gasteiger partial charge in [-0.1, -0.05) is 42.0 Å². The first kappa shape index (κ1) is 12.5. The highest BCUT2D eigenvalue weighted by Crippen LogP contribution is 2.10. The van der Waals surface area contributed by atoms with Crippen molar-refractivity contribution in [2.24, 2.45) is 0 Å². The van der Waals surface area contributed by atoms with Gasteiger partial charge in [0, 0.05) is 12.0 Å². The maximum atomic E-state index is 13.0. The van der Waals surface area contributed by atoms with Gasteiger partial charge in [0.05, 0.1) is 0 Å². The van der Waals surface area contributed by atoms with Crippen molar-refractivity contribution in [3.63, 3.8) is 0 Å². The average Bonchev–Trinajstić information content (AvgIpc) is 2.37. The number of aryl methyl sites for hydroxylation is 2. The molecule has 0 radical (unpaired) electrons. The summed E-state index contributed by atoms with van der Waals surface area (Å²) in [5.74, 6) is -0.158. The molecule has 2 heteroatoms. The molecule has 0 unspecified atom stereocenters. The van der Waals surface area contributed by atoms with Crippen molar-refractivity contribution in [2.75, 3.05) is 0 Å². The van der Waals surface area contributed by atoms with E-state index < -0.39 is 0 Å². The van der Waals surface area contributed by atoms with Crippen LogP contribution >= 0.6 is 0 Å². The van der Waals surface area contributed by atoms with Crippen LogP contribution in [0.1, 0.15) is 27.9 Å². The monoisotopic (exact) mass is 242 g/mol. The highest BCUT2D eigenvalue weighted by molar-refractivity contribution is 5.96. The summed E-state index contributed by atoms with van der Waals surface area (Å²) in [6.45, 7) is 1.99. The van der Waals surface area contributed by atoms with Crippen molar-refractivity contribution in [1.29, 1.82) is 0 Å². The quantitative estimate of drug-likeness (QED) is 0.742. The van der Waals surface area contributed by atoms with Crippen molar-refractivity contribution < 1.29 is 9.18 Å². The topological polar surface area (TPSA) is 17.1 Å².